The van der Waals surface area contributed by atoms with E-state index in [1.807, 2.05) is 13.8 Å². The van der Waals surface area contributed by atoms with Crippen molar-refractivity contribution < 1.29 is 14.3 Å². The molecular weight excluding hydrogens is 192 g/mol. The predicted molar refractivity (Wildman–Crippen MR) is 59.6 cm³/mol. The number of carbonyl (C=O) groups excluding carboxylic acids is 2. The van der Waals surface area contributed by atoms with Crippen molar-refractivity contribution in [3.63, 3.8) is 0 Å². The highest BCUT2D eigenvalue weighted by atomic mass is 16.5. The Balaban J connectivity index is 4.23. The van der Waals surface area contributed by atoms with Gasteiger partial charge in [0.05, 0.1) is 6.61 Å². The number of Topliss-reactive ketones (excluding diaryl/α,β-unsaturated/α-hetero) is 1. The highest BCUT2D eigenvalue weighted by Gasteiger charge is 2.25. The van der Waals surface area contributed by atoms with Crippen LogP contribution < -0.4 is 0 Å². The third-order valence-corrected chi connectivity index (χ3v) is 2.31. The number of hydrogen-bond acceptors (Lipinski definition) is 3. The zero-order valence-corrected chi connectivity index (χ0v) is 10.0. The number of carbonyl (C=O) groups is 2. The van der Waals surface area contributed by atoms with Crippen LogP contribution in [0, 0.1) is 5.92 Å². The van der Waals surface area contributed by atoms with E-state index in [1.165, 1.54) is 0 Å². The Morgan fingerprint density at radius 3 is 2.27 bits per heavy atom. The maximum absolute atomic E-state index is 11.7. The van der Waals surface area contributed by atoms with Crippen molar-refractivity contribution >= 4 is 11.8 Å². The van der Waals surface area contributed by atoms with Crippen LogP contribution in [0.5, 0.6) is 0 Å². The van der Waals surface area contributed by atoms with Gasteiger partial charge < -0.3 is 4.74 Å². The van der Waals surface area contributed by atoms with Crippen molar-refractivity contribution in [3.8, 4) is 0 Å². The van der Waals surface area contributed by atoms with Gasteiger partial charge in [-0.25, -0.2) is 0 Å². The summed E-state index contributed by atoms with van der Waals surface area (Å²) in [5.74, 6) is -0.834. The Morgan fingerprint density at radius 2 is 1.80 bits per heavy atom. The summed E-state index contributed by atoms with van der Waals surface area (Å²) in [6.07, 6.45) is 3.79. The lowest BCUT2D eigenvalue weighted by atomic mass is 9.95. The van der Waals surface area contributed by atoms with Gasteiger partial charge in [0.25, 0.3) is 0 Å². The summed E-state index contributed by atoms with van der Waals surface area (Å²) < 4.78 is 4.90. The molecule has 0 amide bonds. The summed E-state index contributed by atoms with van der Waals surface area (Å²) in [5, 5.41) is 0. The monoisotopic (exact) mass is 214 g/mol. The molecule has 0 aliphatic carbocycles. The second-order valence-electron chi connectivity index (χ2n) is 3.66. The molecule has 0 unspecified atom stereocenters. The molecule has 0 spiro atoms. The van der Waals surface area contributed by atoms with Gasteiger partial charge in [-0.15, -0.1) is 0 Å². The highest BCUT2D eigenvalue weighted by Crippen LogP contribution is 2.14. The van der Waals surface area contributed by atoms with Crippen LogP contribution in [-0.4, -0.2) is 18.4 Å². The summed E-state index contributed by atoms with van der Waals surface area (Å²) in [5.41, 5.74) is 0. The first-order valence-electron chi connectivity index (χ1n) is 5.86. The molecule has 1 atom stereocenters. The lowest BCUT2D eigenvalue weighted by Crippen LogP contribution is -2.26. The van der Waals surface area contributed by atoms with Crippen LogP contribution >= 0.6 is 0 Å². The van der Waals surface area contributed by atoms with Crippen LogP contribution in [0.3, 0.4) is 0 Å². The van der Waals surface area contributed by atoms with E-state index in [0.29, 0.717) is 19.4 Å². The maximum Gasteiger partial charge on any atom is 0.316 e. The molecule has 3 nitrogen and oxygen atoms in total. The molecule has 0 saturated heterocycles. The van der Waals surface area contributed by atoms with Gasteiger partial charge in [0.1, 0.15) is 11.7 Å². The lowest BCUT2D eigenvalue weighted by Gasteiger charge is -2.13. The summed E-state index contributed by atoms with van der Waals surface area (Å²) in [7, 11) is 0. The Labute approximate surface area is 92.2 Å². The molecule has 3 heteroatoms. The fourth-order valence-electron chi connectivity index (χ4n) is 1.47. The standard InChI is InChI=1S/C12H22O3/c1-4-7-9-11(13)10(8-5-2)12(14)15-6-3/h10H,4-9H2,1-3H3/t10-/m0/s1. The zero-order valence-electron chi connectivity index (χ0n) is 10.0. The SMILES string of the molecule is CCCCC(=O)[C@H](CCC)C(=O)OCC. The third-order valence-electron chi connectivity index (χ3n) is 2.31. The minimum atomic E-state index is -0.526. The Kier molecular flexibility index (Phi) is 7.96. The summed E-state index contributed by atoms with van der Waals surface area (Å²) in [4.78, 5) is 23.2. The Morgan fingerprint density at radius 1 is 1.13 bits per heavy atom. The molecule has 0 heterocycles. The van der Waals surface area contributed by atoms with Gasteiger partial charge in [-0.1, -0.05) is 26.7 Å². The number of rotatable bonds is 8. The van der Waals surface area contributed by atoms with Gasteiger partial charge in [-0.3, -0.25) is 9.59 Å². The third kappa shape index (κ3) is 5.55. The van der Waals surface area contributed by atoms with E-state index in [1.54, 1.807) is 6.92 Å². The number of ether oxygens (including phenoxy) is 1. The Bertz CT molecular complexity index is 199. The van der Waals surface area contributed by atoms with Gasteiger partial charge in [-0.05, 0) is 19.8 Å². The summed E-state index contributed by atoms with van der Waals surface area (Å²) >= 11 is 0. The molecule has 15 heavy (non-hydrogen) atoms. The van der Waals surface area contributed by atoms with Gasteiger partial charge >= 0.3 is 5.97 Å². The van der Waals surface area contributed by atoms with Crippen molar-refractivity contribution in [1.82, 2.24) is 0 Å². The number of hydrogen-bond donors (Lipinski definition) is 0. The molecule has 0 saturated carbocycles. The van der Waals surface area contributed by atoms with Crippen molar-refractivity contribution in [2.24, 2.45) is 5.92 Å². The molecule has 88 valence electrons. The summed E-state index contributed by atoms with van der Waals surface area (Å²) in [6.45, 7) is 6.11. The van der Waals surface area contributed by atoms with Crippen LogP contribution in [0.4, 0.5) is 0 Å². The minimum Gasteiger partial charge on any atom is -0.465 e. The first-order valence-corrected chi connectivity index (χ1v) is 5.86. The second kappa shape index (κ2) is 8.45. The topological polar surface area (TPSA) is 43.4 Å². The van der Waals surface area contributed by atoms with Gasteiger partial charge in [0, 0.05) is 6.42 Å². The normalized spacial score (nSPS) is 12.2. The minimum absolute atomic E-state index is 0.0390. The van der Waals surface area contributed by atoms with Crippen LogP contribution in [0.25, 0.3) is 0 Å². The van der Waals surface area contributed by atoms with Crippen LogP contribution in [0.2, 0.25) is 0 Å². The molecule has 0 fully saturated rings. The number of unbranched alkanes of at least 4 members (excludes halogenated alkanes) is 1. The summed E-state index contributed by atoms with van der Waals surface area (Å²) in [6, 6.07) is 0. The Hall–Kier alpha value is -0.860. The molecule has 0 aromatic carbocycles. The second-order valence-corrected chi connectivity index (χ2v) is 3.66. The average molecular weight is 214 g/mol. The van der Waals surface area contributed by atoms with Crippen LogP contribution in [0.15, 0.2) is 0 Å². The predicted octanol–water partition coefficient (Wildman–Crippen LogP) is 2.73. The van der Waals surface area contributed by atoms with Crippen molar-refractivity contribution in [2.45, 2.75) is 52.9 Å². The average Bonchev–Trinajstić information content (AvgIpc) is 2.22. The van der Waals surface area contributed by atoms with Crippen molar-refractivity contribution in [2.75, 3.05) is 6.61 Å². The fourth-order valence-corrected chi connectivity index (χ4v) is 1.47. The van der Waals surface area contributed by atoms with Crippen LogP contribution in [-0.2, 0) is 14.3 Å². The van der Waals surface area contributed by atoms with E-state index in [4.69, 9.17) is 4.74 Å². The molecule has 0 bridgehead atoms. The van der Waals surface area contributed by atoms with E-state index in [9.17, 15) is 9.59 Å². The van der Waals surface area contributed by atoms with Crippen molar-refractivity contribution in [3.05, 3.63) is 0 Å². The van der Waals surface area contributed by atoms with Gasteiger partial charge in [0.15, 0.2) is 0 Å². The first-order chi connectivity index (χ1) is 7.17. The van der Waals surface area contributed by atoms with Gasteiger partial charge in [0.2, 0.25) is 0 Å². The smallest absolute Gasteiger partial charge is 0.316 e. The molecular formula is C12H22O3. The van der Waals surface area contributed by atoms with E-state index in [2.05, 4.69) is 0 Å². The molecule has 0 aromatic rings. The van der Waals surface area contributed by atoms with E-state index in [0.717, 1.165) is 19.3 Å². The fraction of sp³-hybridized carbons (Fsp3) is 0.833. The molecule has 0 radical (unpaired) electrons. The van der Waals surface area contributed by atoms with E-state index >= 15 is 0 Å². The van der Waals surface area contributed by atoms with Crippen LogP contribution in [0.1, 0.15) is 52.9 Å². The molecule has 0 N–H and O–H groups in total. The molecule has 0 aliphatic heterocycles. The van der Waals surface area contributed by atoms with Crippen molar-refractivity contribution in [1.29, 1.82) is 0 Å². The zero-order chi connectivity index (χ0) is 11.7. The quantitative estimate of drug-likeness (QED) is 0.461. The van der Waals surface area contributed by atoms with E-state index < -0.39 is 5.92 Å². The lowest BCUT2D eigenvalue weighted by molar-refractivity contribution is -0.151. The number of ketones is 1. The molecule has 0 rings (SSSR count). The molecule has 0 aliphatic rings. The molecule has 0 aromatic heterocycles. The van der Waals surface area contributed by atoms with Gasteiger partial charge in [-0.2, -0.15) is 0 Å². The first kappa shape index (κ1) is 14.1. The maximum atomic E-state index is 11.7. The highest BCUT2D eigenvalue weighted by molar-refractivity contribution is 5.98. The largest absolute Gasteiger partial charge is 0.465 e. The van der Waals surface area contributed by atoms with E-state index in [-0.39, 0.29) is 11.8 Å². The number of esters is 1.